The van der Waals surface area contributed by atoms with Gasteiger partial charge in [0.2, 0.25) is 11.1 Å². The smallest absolute Gasteiger partial charge is 0.255 e. The molecule has 1 amide bonds. The average Bonchev–Trinajstić information content (AvgIpc) is 3.39. The molecule has 0 spiro atoms. The molecule has 1 unspecified atom stereocenters. The number of allylic oxidation sites excluding steroid dienone is 1. The van der Waals surface area contributed by atoms with Crippen LogP contribution in [0, 0.1) is 0 Å². The van der Waals surface area contributed by atoms with Gasteiger partial charge < -0.3 is 24.8 Å². The Morgan fingerprint density at radius 2 is 1.72 bits per heavy atom. The molecule has 2 N–H and O–H groups in total. The Kier molecular flexibility index (Phi) is 9.93. The number of fused-ring (bicyclic) bond motifs is 1. The third kappa shape index (κ3) is 6.83. The molecule has 0 saturated heterocycles. The highest BCUT2D eigenvalue weighted by atomic mass is 79.9. The summed E-state index contributed by atoms with van der Waals surface area (Å²) >= 11 is 5.26. The number of halogens is 1. The van der Waals surface area contributed by atoms with Gasteiger partial charge in [-0.15, -0.1) is 5.10 Å². The normalized spacial score (nSPS) is 14.1. The first-order chi connectivity index (χ1) is 20.9. The number of benzene rings is 3. The van der Waals surface area contributed by atoms with Crippen LogP contribution in [-0.2, 0) is 11.4 Å². The molecule has 9 nitrogen and oxygen atoms in total. The van der Waals surface area contributed by atoms with Crippen LogP contribution in [0.1, 0.15) is 44.9 Å². The quantitative estimate of drug-likeness (QED) is 0.151. The van der Waals surface area contributed by atoms with Gasteiger partial charge in [-0.1, -0.05) is 61.2 Å². The van der Waals surface area contributed by atoms with Gasteiger partial charge in [-0.2, -0.15) is 4.98 Å². The molecule has 1 atom stereocenters. The number of nitrogens with one attached hydrogen (secondary N) is 2. The topological polar surface area (TPSA) is 99.5 Å². The van der Waals surface area contributed by atoms with E-state index in [0.717, 1.165) is 16.9 Å². The summed E-state index contributed by atoms with van der Waals surface area (Å²) < 4.78 is 20.5. The lowest BCUT2D eigenvalue weighted by molar-refractivity contribution is -0.113. The van der Waals surface area contributed by atoms with E-state index in [0.29, 0.717) is 69.6 Å². The number of thioether (sulfide) groups is 1. The summed E-state index contributed by atoms with van der Waals surface area (Å²) in [5, 5.41) is 11.8. The lowest BCUT2D eigenvalue weighted by Gasteiger charge is -2.29. The number of carbonyl (C=O) groups is 1. The maximum Gasteiger partial charge on any atom is 0.255 e. The number of rotatable bonds is 12. The Balaban J connectivity index is 1.57. The summed E-state index contributed by atoms with van der Waals surface area (Å²) in [7, 11) is 0. The molecule has 0 fully saturated rings. The van der Waals surface area contributed by atoms with Crippen LogP contribution >= 0.6 is 27.7 Å². The maximum absolute atomic E-state index is 14.1. The fourth-order valence-corrected chi connectivity index (χ4v) is 5.97. The summed E-state index contributed by atoms with van der Waals surface area (Å²) in [6, 6.07) is 20.6. The first kappa shape index (κ1) is 30.5. The predicted octanol–water partition coefficient (Wildman–Crippen LogP) is 7.46. The molecule has 1 aromatic heterocycles. The number of hydrogen-bond donors (Lipinski definition) is 2. The third-order valence-corrected chi connectivity index (χ3v) is 7.97. The van der Waals surface area contributed by atoms with Crippen molar-refractivity contribution in [3.8, 4) is 17.2 Å². The van der Waals surface area contributed by atoms with Crippen molar-refractivity contribution in [1.29, 1.82) is 0 Å². The molecule has 5 rings (SSSR count). The Hall–Kier alpha value is -3.96. The zero-order valence-corrected chi connectivity index (χ0v) is 26.9. The minimum absolute atomic E-state index is 0.286. The van der Waals surface area contributed by atoms with Crippen molar-refractivity contribution in [2.24, 2.45) is 0 Å². The largest absolute Gasteiger partial charge is 0.492 e. The lowest BCUT2D eigenvalue weighted by atomic mass is 9.94. The molecule has 2 heterocycles. The van der Waals surface area contributed by atoms with E-state index in [4.69, 9.17) is 24.3 Å². The first-order valence-electron chi connectivity index (χ1n) is 14.2. The number of amides is 1. The molecule has 1 aliphatic rings. The molecular weight excluding hydrogens is 630 g/mol. The highest BCUT2D eigenvalue weighted by Crippen LogP contribution is 2.44. The predicted molar refractivity (Wildman–Crippen MR) is 173 cm³/mol. The minimum atomic E-state index is -0.604. The number of ether oxygens (including phenoxy) is 3. The van der Waals surface area contributed by atoms with Gasteiger partial charge in [0.05, 0.1) is 28.9 Å². The molecule has 43 heavy (non-hydrogen) atoms. The van der Waals surface area contributed by atoms with E-state index in [2.05, 4.69) is 26.6 Å². The summed E-state index contributed by atoms with van der Waals surface area (Å²) in [5.41, 5.74) is 3.57. The number of nitrogens with zero attached hydrogens (tertiary/aromatic N) is 3. The molecule has 11 heteroatoms. The maximum atomic E-state index is 14.1. The van der Waals surface area contributed by atoms with Gasteiger partial charge in [-0.05, 0) is 77.8 Å². The van der Waals surface area contributed by atoms with Crippen LogP contribution in [0.3, 0.4) is 0 Å². The van der Waals surface area contributed by atoms with Crippen LogP contribution in [0.5, 0.6) is 17.2 Å². The fraction of sp³-hybridized carbons (Fsp3) is 0.281. The summed E-state index contributed by atoms with van der Waals surface area (Å²) in [6.45, 7) is 9.05. The highest BCUT2D eigenvalue weighted by molar-refractivity contribution is 9.10. The molecular formula is C32H34BrN5O4S. The Morgan fingerprint density at radius 1 is 1.00 bits per heavy atom. The summed E-state index contributed by atoms with van der Waals surface area (Å²) in [5.74, 6) is 2.83. The highest BCUT2D eigenvalue weighted by Gasteiger charge is 2.35. The van der Waals surface area contributed by atoms with Crippen LogP contribution in [0.4, 0.5) is 11.6 Å². The molecule has 4 aromatic rings. The number of carbonyl (C=O) groups excluding carboxylic acids is 1. The van der Waals surface area contributed by atoms with Crippen LogP contribution in [0.15, 0.2) is 87.6 Å². The van der Waals surface area contributed by atoms with Gasteiger partial charge >= 0.3 is 0 Å². The molecule has 3 aromatic carbocycles. The Bertz CT molecular complexity index is 1630. The number of aromatic nitrogens is 3. The van der Waals surface area contributed by atoms with E-state index in [1.807, 2.05) is 94.4 Å². The summed E-state index contributed by atoms with van der Waals surface area (Å²) in [4.78, 5) is 18.8. The van der Waals surface area contributed by atoms with Gasteiger partial charge in [0.1, 0.15) is 18.4 Å². The second-order valence-corrected chi connectivity index (χ2v) is 11.7. The van der Waals surface area contributed by atoms with Gasteiger partial charge in [-0.3, -0.25) is 4.79 Å². The van der Waals surface area contributed by atoms with E-state index in [-0.39, 0.29) is 5.91 Å². The van der Waals surface area contributed by atoms with Gasteiger partial charge in [0.25, 0.3) is 5.91 Å². The molecule has 0 aliphatic carbocycles. The third-order valence-electron chi connectivity index (χ3n) is 6.66. The van der Waals surface area contributed by atoms with Crippen LogP contribution in [0.25, 0.3) is 0 Å². The SMILES string of the molecule is CCOc1ccccc1NC(=O)C1=C(C)Nc2nc(SCC)nn2C1c1cc(Br)c(OCc2ccccc2)c(OCC)c1. The molecule has 1 aliphatic heterocycles. The monoisotopic (exact) mass is 663 g/mol. The number of hydrogen-bond acceptors (Lipinski definition) is 8. The second kappa shape index (κ2) is 14.0. The first-order valence-corrected chi connectivity index (χ1v) is 15.9. The average molecular weight is 665 g/mol. The molecule has 0 saturated carbocycles. The van der Waals surface area contributed by atoms with Crippen molar-refractivity contribution in [3.05, 3.63) is 93.6 Å². The van der Waals surface area contributed by atoms with Crippen molar-refractivity contribution in [2.75, 3.05) is 29.6 Å². The van der Waals surface area contributed by atoms with Crippen LogP contribution < -0.4 is 24.8 Å². The van der Waals surface area contributed by atoms with E-state index in [1.165, 1.54) is 11.8 Å². The zero-order chi connectivity index (χ0) is 30.3. The van der Waals surface area contributed by atoms with E-state index in [1.54, 1.807) is 4.68 Å². The minimum Gasteiger partial charge on any atom is -0.492 e. The standard InChI is InChI=1S/C32H34BrN5O4S/c1-5-40-25-16-12-11-15-24(25)35-30(39)27-20(4)34-31-36-32(43-7-3)37-38(31)28(27)22-17-23(33)29(26(18-22)41-6-2)42-19-21-13-9-8-10-14-21/h8-18,28H,5-7,19H2,1-4H3,(H,35,39)(H,34,36,37). The van der Waals surface area contributed by atoms with Gasteiger partial charge in [-0.25, -0.2) is 4.68 Å². The van der Waals surface area contributed by atoms with Crippen molar-refractivity contribution >= 4 is 45.2 Å². The number of para-hydroxylation sites is 2. The molecule has 0 bridgehead atoms. The fourth-order valence-electron chi connectivity index (χ4n) is 4.84. The van der Waals surface area contributed by atoms with Crippen molar-refractivity contribution in [3.63, 3.8) is 0 Å². The van der Waals surface area contributed by atoms with E-state index < -0.39 is 6.04 Å². The van der Waals surface area contributed by atoms with Crippen molar-refractivity contribution in [1.82, 2.24) is 14.8 Å². The summed E-state index contributed by atoms with van der Waals surface area (Å²) in [6.07, 6.45) is 0. The van der Waals surface area contributed by atoms with Gasteiger partial charge in [0, 0.05) is 5.70 Å². The Labute approximate surface area is 264 Å². The van der Waals surface area contributed by atoms with E-state index >= 15 is 0 Å². The van der Waals surface area contributed by atoms with Crippen LogP contribution in [-0.4, -0.2) is 39.6 Å². The number of anilines is 2. The lowest BCUT2D eigenvalue weighted by Crippen LogP contribution is -2.31. The molecule has 224 valence electrons. The van der Waals surface area contributed by atoms with Crippen LogP contribution in [0.2, 0.25) is 0 Å². The van der Waals surface area contributed by atoms with Gasteiger partial charge in [0.15, 0.2) is 11.5 Å². The van der Waals surface area contributed by atoms with E-state index in [9.17, 15) is 4.79 Å². The van der Waals surface area contributed by atoms with Crippen molar-refractivity contribution < 1.29 is 19.0 Å². The second-order valence-electron chi connectivity index (χ2n) is 9.58. The Morgan fingerprint density at radius 3 is 2.47 bits per heavy atom. The molecule has 0 radical (unpaired) electrons. The zero-order valence-electron chi connectivity index (χ0n) is 24.5. The van der Waals surface area contributed by atoms with Crippen molar-refractivity contribution in [2.45, 2.75) is 45.5 Å².